The Balaban J connectivity index is 2.29. The number of nitrogens with zero attached hydrogens (tertiary/aromatic N) is 4. The third kappa shape index (κ3) is 4.42. The van der Waals surface area contributed by atoms with Crippen LogP contribution in [-0.2, 0) is 0 Å². The highest BCUT2D eigenvalue weighted by atomic mass is 35.5. The lowest BCUT2D eigenvalue weighted by molar-refractivity contribution is -0.138. The molecule has 1 aromatic carbocycles. The maximum absolute atomic E-state index is 14.4. The van der Waals surface area contributed by atoms with E-state index in [9.17, 15) is 26.3 Å². The topological polar surface area (TPSA) is 55.6 Å². The lowest BCUT2D eigenvalue weighted by atomic mass is 10.1. The van der Waals surface area contributed by atoms with E-state index in [4.69, 9.17) is 23.2 Å². The third-order valence-electron chi connectivity index (χ3n) is 4.35. The molecule has 0 aliphatic carbocycles. The van der Waals surface area contributed by atoms with E-state index in [0.29, 0.717) is 23.5 Å². The van der Waals surface area contributed by atoms with Gasteiger partial charge in [-0.05, 0) is 20.8 Å². The number of benzene rings is 1. The SMILES string of the molecule is Cc1nn(-c2nc(Cl)c(-c3c(F)cc(F)cc3F)c(N[C@@H](C)C(F)(F)F)n2)c(C)c1Cl. The van der Waals surface area contributed by atoms with E-state index in [2.05, 4.69) is 15.1 Å². The maximum Gasteiger partial charge on any atom is 0.408 e. The number of aryl methyl sites for hydroxylation is 1. The van der Waals surface area contributed by atoms with Crippen molar-refractivity contribution in [1.29, 1.82) is 0 Å². The van der Waals surface area contributed by atoms with Gasteiger partial charge in [0.1, 0.15) is 34.5 Å². The quantitative estimate of drug-likeness (QED) is 0.363. The average Bonchev–Trinajstić information content (AvgIpc) is 2.89. The van der Waals surface area contributed by atoms with Crippen molar-refractivity contribution in [2.75, 3.05) is 5.32 Å². The van der Waals surface area contributed by atoms with Crippen LogP contribution in [0.3, 0.4) is 0 Å². The van der Waals surface area contributed by atoms with Crippen LogP contribution in [0.2, 0.25) is 10.2 Å². The van der Waals surface area contributed by atoms with E-state index in [1.54, 1.807) is 13.8 Å². The molecule has 166 valence electrons. The Labute approximate surface area is 182 Å². The summed E-state index contributed by atoms with van der Waals surface area (Å²) in [5.74, 6) is -4.93. The first kappa shape index (κ1) is 23.1. The molecule has 0 bridgehead atoms. The van der Waals surface area contributed by atoms with Crippen LogP contribution in [0.15, 0.2) is 12.1 Å². The molecule has 0 saturated carbocycles. The van der Waals surface area contributed by atoms with Gasteiger partial charge in [-0.3, -0.25) is 0 Å². The van der Waals surface area contributed by atoms with Crippen LogP contribution in [0.4, 0.5) is 32.2 Å². The number of hydrogen-bond acceptors (Lipinski definition) is 4. The smallest absolute Gasteiger partial charge is 0.358 e. The van der Waals surface area contributed by atoms with E-state index in [0.717, 1.165) is 11.6 Å². The predicted octanol–water partition coefficient (Wildman–Crippen LogP) is 6.03. The van der Waals surface area contributed by atoms with Gasteiger partial charge in [0.05, 0.1) is 27.5 Å². The Kier molecular flexibility index (Phi) is 6.12. The highest BCUT2D eigenvalue weighted by molar-refractivity contribution is 6.33. The molecule has 0 amide bonds. The van der Waals surface area contributed by atoms with Crippen molar-refractivity contribution in [3.8, 4) is 17.1 Å². The van der Waals surface area contributed by atoms with Gasteiger partial charge in [-0.1, -0.05) is 23.2 Å². The lowest BCUT2D eigenvalue weighted by Crippen LogP contribution is -2.34. The molecule has 13 heteroatoms. The Morgan fingerprint density at radius 2 is 1.58 bits per heavy atom. The molecule has 2 heterocycles. The predicted molar refractivity (Wildman–Crippen MR) is 103 cm³/mol. The number of aromatic nitrogens is 4. The van der Waals surface area contributed by atoms with Gasteiger partial charge < -0.3 is 5.32 Å². The van der Waals surface area contributed by atoms with Crippen LogP contribution < -0.4 is 5.32 Å². The first-order valence-electron chi connectivity index (χ1n) is 8.59. The van der Waals surface area contributed by atoms with Crippen molar-refractivity contribution in [1.82, 2.24) is 19.7 Å². The van der Waals surface area contributed by atoms with E-state index in [1.165, 1.54) is 0 Å². The average molecular weight is 484 g/mol. The van der Waals surface area contributed by atoms with Crippen molar-refractivity contribution >= 4 is 29.0 Å². The molecule has 1 atom stereocenters. The summed E-state index contributed by atoms with van der Waals surface area (Å²) < 4.78 is 82.7. The third-order valence-corrected chi connectivity index (χ3v) is 5.17. The van der Waals surface area contributed by atoms with Crippen LogP contribution in [0.25, 0.3) is 17.1 Å². The summed E-state index contributed by atoms with van der Waals surface area (Å²) in [5.41, 5.74) is -0.751. The monoisotopic (exact) mass is 483 g/mol. The van der Waals surface area contributed by atoms with E-state index >= 15 is 0 Å². The fourth-order valence-electron chi connectivity index (χ4n) is 2.73. The zero-order valence-electron chi connectivity index (χ0n) is 16.0. The van der Waals surface area contributed by atoms with Crippen molar-refractivity contribution < 1.29 is 26.3 Å². The molecule has 0 radical (unpaired) electrons. The largest absolute Gasteiger partial charge is 0.408 e. The van der Waals surface area contributed by atoms with Crippen LogP contribution in [-0.4, -0.2) is 32.0 Å². The van der Waals surface area contributed by atoms with E-state index in [1.807, 2.05) is 5.32 Å². The minimum Gasteiger partial charge on any atom is -0.358 e. The summed E-state index contributed by atoms with van der Waals surface area (Å²) in [4.78, 5) is 7.88. The van der Waals surface area contributed by atoms with E-state index in [-0.39, 0.29) is 11.0 Å². The lowest BCUT2D eigenvalue weighted by Gasteiger charge is -2.21. The minimum absolute atomic E-state index is 0.262. The Morgan fingerprint density at radius 1 is 1.00 bits per heavy atom. The number of alkyl halides is 3. The summed E-state index contributed by atoms with van der Waals surface area (Å²) >= 11 is 12.2. The zero-order valence-corrected chi connectivity index (χ0v) is 17.6. The van der Waals surface area contributed by atoms with Crippen LogP contribution in [0.1, 0.15) is 18.3 Å². The van der Waals surface area contributed by atoms with Crippen LogP contribution in [0.5, 0.6) is 0 Å². The fraction of sp³-hybridized carbons (Fsp3) is 0.278. The highest BCUT2D eigenvalue weighted by Gasteiger charge is 2.37. The number of nitrogens with one attached hydrogen (secondary N) is 1. The maximum atomic E-state index is 14.4. The van der Waals surface area contributed by atoms with Gasteiger partial charge >= 0.3 is 6.18 Å². The molecule has 5 nitrogen and oxygen atoms in total. The number of rotatable bonds is 4. The molecule has 31 heavy (non-hydrogen) atoms. The first-order valence-corrected chi connectivity index (χ1v) is 9.34. The molecule has 2 aromatic heterocycles. The number of halogens is 8. The highest BCUT2D eigenvalue weighted by Crippen LogP contribution is 2.38. The van der Waals surface area contributed by atoms with Crippen LogP contribution >= 0.6 is 23.2 Å². The first-order chi connectivity index (χ1) is 14.3. The summed E-state index contributed by atoms with van der Waals surface area (Å²) in [6, 6.07) is -1.46. The van der Waals surface area contributed by atoms with Gasteiger partial charge in [0.25, 0.3) is 5.95 Å². The Morgan fingerprint density at radius 3 is 2.06 bits per heavy atom. The van der Waals surface area contributed by atoms with E-state index < -0.39 is 51.8 Å². The fourth-order valence-corrected chi connectivity index (χ4v) is 3.11. The summed E-state index contributed by atoms with van der Waals surface area (Å²) in [5, 5.41) is 5.81. The van der Waals surface area contributed by atoms with Crippen molar-refractivity contribution in [3.63, 3.8) is 0 Å². The minimum atomic E-state index is -4.73. The van der Waals surface area contributed by atoms with Gasteiger partial charge in [0.15, 0.2) is 0 Å². The second-order valence-electron chi connectivity index (χ2n) is 6.59. The van der Waals surface area contributed by atoms with Crippen molar-refractivity contribution in [3.05, 3.63) is 51.1 Å². The van der Waals surface area contributed by atoms with Crippen LogP contribution in [0, 0.1) is 31.3 Å². The zero-order chi connectivity index (χ0) is 23.2. The molecule has 0 spiro atoms. The normalized spacial score (nSPS) is 12.9. The molecule has 3 rings (SSSR count). The summed E-state index contributed by atoms with van der Waals surface area (Å²) in [6.45, 7) is 3.91. The van der Waals surface area contributed by atoms with Crippen molar-refractivity contribution in [2.24, 2.45) is 0 Å². The second-order valence-corrected chi connectivity index (χ2v) is 7.32. The molecule has 3 aromatic rings. The number of hydrogen-bond donors (Lipinski definition) is 1. The molecule has 0 aliphatic heterocycles. The summed E-state index contributed by atoms with van der Waals surface area (Å²) in [6.07, 6.45) is -4.73. The molecule has 0 fully saturated rings. The second kappa shape index (κ2) is 8.19. The molecule has 0 aliphatic rings. The number of anilines is 1. The van der Waals surface area contributed by atoms with Gasteiger partial charge in [0.2, 0.25) is 0 Å². The van der Waals surface area contributed by atoms with Gasteiger partial charge in [-0.15, -0.1) is 0 Å². The molecule has 0 unspecified atom stereocenters. The Hall–Kier alpha value is -2.53. The molecule has 0 saturated heterocycles. The molecular formula is C18H13Cl2F6N5. The standard InChI is InChI=1S/C18H13Cl2F6N5/c1-6-14(19)7(2)31(30-6)17-28-15(20)13(12-10(22)4-9(21)5-11(12)23)16(29-17)27-8(3)18(24,25)26/h4-5,8H,1-3H3,(H,27,28,29)/t8-/m0/s1. The summed E-state index contributed by atoms with van der Waals surface area (Å²) in [7, 11) is 0. The van der Waals surface area contributed by atoms with Gasteiger partial charge in [-0.25, -0.2) is 17.9 Å². The molecule has 1 N–H and O–H groups in total. The van der Waals surface area contributed by atoms with Gasteiger partial charge in [-0.2, -0.15) is 28.2 Å². The Bertz CT molecular complexity index is 1140. The molecular weight excluding hydrogens is 471 g/mol. The van der Waals surface area contributed by atoms with Crippen molar-refractivity contribution in [2.45, 2.75) is 33.0 Å². The van der Waals surface area contributed by atoms with Gasteiger partial charge in [0, 0.05) is 12.1 Å².